The van der Waals surface area contributed by atoms with Gasteiger partial charge in [-0.3, -0.25) is 4.79 Å². The van der Waals surface area contributed by atoms with Crippen molar-refractivity contribution in [2.24, 2.45) is 5.92 Å². The third kappa shape index (κ3) is 5.30. The summed E-state index contributed by atoms with van der Waals surface area (Å²) in [4.78, 5) is 23.3. The quantitative estimate of drug-likeness (QED) is 0.786. The van der Waals surface area contributed by atoms with Crippen LogP contribution < -0.4 is 5.32 Å². The average molecular weight is 285 g/mol. The highest BCUT2D eigenvalue weighted by atomic mass is 32.2. The van der Waals surface area contributed by atoms with Gasteiger partial charge in [0.15, 0.2) is 0 Å². The molecule has 6 heteroatoms. The van der Waals surface area contributed by atoms with Crippen LogP contribution >= 0.6 is 11.8 Å². The van der Waals surface area contributed by atoms with Gasteiger partial charge in [-0.1, -0.05) is 13.8 Å². The van der Waals surface area contributed by atoms with Gasteiger partial charge in [-0.15, -0.1) is 11.8 Å². The van der Waals surface area contributed by atoms with Gasteiger partial charge in [-0.2, -0.15) is 0 Å². The second kappa shape index (κ2) is 7.13. The Labute approximate surface area is 115 Å². The van der Waals surface area contributed by atoms with Crippen molar-refractivity contribution in [1.82, 2.24) is 5.32 Å². The monoisotopic (exact) mass is 285 g/mol. The molecular formula is C13H16FNO3S. The van der Waals surface area contributed by atoms with Gasteiger partial charge in [0.2, 0.25) is 5.91 Å². The van der Waals surface area contributed by atoms with E-state index in [9.17, 15) is 14.0 Å². The van der Waals surface area contributed by atoms with Crippen LogP contribution in [0.5, 0.6) is 0 Å². The maximum absolute atomic E-state index is 12.7. The summed E-state index contributed by atoms with van der Waals surface area (Å²) in [5, 5.41) is 11.4. The fourth-order valence-electron chi connectivity index (χ4n) is 1.41. The zero-order valence-corrected chi connectivity index (χ0v) is 11.5. The standard InChI is InChI=1S/C13H16FNO3S/c1-8(2)12(13(17)18)15-11(16)7-19-10-5-3-9(14)4-6-10/h3-6,8,12H,7H2,1-2H3,(H,15,16)(H,17,18). The number of carboxylic acids is 1. The summed E-state index contributed by atoms with van der Waals surface area (Å²) >= 11 is 1.23. The zero-order valence-electron chi connectivity index (χ0n) is 10.7. The van der Waals surface area contributed by atoms with Crippen molar-refractivity contribution in [3.05, 3.63) is 30.1 Å². The zero-order chi connectivity index (χ0) is 14.4. The predicted octanol–water partition coefficient (Wildman–Crippen LogP) is 2.14. The molecule has 0 spiro atoms. The van der Waals surface area contributed by atoms with Crippen molar-refractivity contribution < 1.29 is 19.1 Å². The van der Waals surface area contributed by atoms with Crippen molar-refractivity contribution in [2.75, 3.05) is 5.75 Å². The summed E-state index contributed by atoms with van der Waals surface area (Å²) < 4.78 is 12.7. The first-order valence-electron chi connectivity index (χ1n) is 5.80. The van der Waals surface area contributed by atoms with Crippen LogP contribution in [0.4, 0.5) is 4.39 Å². The molecule has 1 aromatic rings. The average Bonchev–Trinajstić information content (AvgIpc) is 2.34. The summed E-state index contributed by atoms with van der Waals surface area (Å²) in [6.45, 7) is 3.46. The summed E-state index contributed by atoms with van der Waals surface area (Å²) in [5.74, 6) is -1.82. The summed E-state index contributed by atoms with van der Waals surface area (Å²) in [6.07, 6.45) is 0. The Kier molecular flexibility index (Phi) is 5.82. The Balaban J connectivity index is 2.47. The van der Waals surface area contributed by atoms with Crippen molar-refractivity contribution in [3.8, 4) is 0 Å². The molecule has 1 atom stereocenters. The largest absolute Gasteiger partial charge is 0.480 e. The highest BCUT2D eigenvalue weighted by Crippen LogP contribution is 2.17. The van der Waals surface area contributed by atoms with E-state index in [2.05, 4.69) is 5.32 Å². The Morgan fingerprint density at radius 3 is 2.37 bits per heavy atom. The number of amides is 1. The van der Waals surface area contributed by atoms with E-state index in [1.807, 2.05) is 0 Å². The van der Waals surface area contributed by atoms with E-state index >= 15 is 0 Å². The number of carbonyl (C=O) groups excluding carboxylic acids is 1. The van der Waals surface area contributed by atoms with Crippen molar-refractivity contribution in [3.63, 3.8) is 0 Å². The molecule has 0 bridgehead atoms. The van der Waals surface area contributed by atoms with Crippen molar-refractivity contribution in [2.45, 2.75) is 24.8 Å². The maximum atomic E-state index is 12.7. The Hall–Kier alpha value is -1.56. The van der Waals surface area contributed by atoms with Crippen LogP contribution in [0.1, 0.15) is 13.8 Å². The Morgan fingerprint density at radius 1 is 1.32 bits per heavy atom. The number of hydrogen-bond donors (Lipinski definition) is 2. The molecule has 4 nitrogen and oxygen atoms in total. The molecule has 1 amide bonds. The van der Waals surface area contributed by atoms with Crippen molar-refractivity contribution in [1.29, 1.82) is 0 Å². The lowest BCUT2D eigenvalue weighted by molar-refractivity contribution is -0.142. The number of carbonyl (C=O) groups is 2. The molecule has 0 aliphatic rings. The summed E-state index contributed by atoms with van der Waals surface area (Å²) in [7, 11) is 0. The minimum atomic E-state index is -1.05. The molecule has 0 aliphatic heterocycles. The first kappa shape index (κ1) is 15.5. The van der Waals surface area contributed by atoms with E-state index in [1.165, 1.54) is 23.9 Å². The number of hydrogen-bond acceptors (Lipinski definition) is 3. The third-order valence-corrected chi connectivity index (χ3v) is 3.44. The Bertz CT molecular complexity index is 448. The lowest BCUT2D eigenvalue weighted by Crippen LogP contribution is -2.45. The highest BCUT2D eigenvalue weighted by molar-refractivity contribution is 8.00. The van der Waals surface area contributed by atoms with Crippen molar-refractivity contribution >= 4 is 23.6 Å². The molecular weight excluding hydrogens is 269 g/mol. The number of thioether (sulfide) groups is 1. The summed E-state index contributed by atoms with van der Waals surface area (Å²) in [5.41, 5.74) is 0. The fraction of sp³-hybridized carbons (Fsp3) is 0.385. The normalized spacial score (nSPS) is 12.2. The molecule has 19 heavy (non-hydrogen) atoms. The van der Waals surface area contributed by atoms with Gasteiger partial charge in [0.05, 0.1) is 5.75 Å². The van der Waals surface area contributed by atoms with Gasteiger partial charge >= 0.3 is 5.97 Å². The number of nitrogens with one attached hydrogen (secondary N) is 1. The van der Waals surface area contributed by atoms with E-state index in [4.69, 9.17) is 5.11 Å². The molecule has 0 saturated carbocycles. The molecule has 0 fully saturated rings. The van der Waals surface area contributed by atoms with Crippen LogP contribution in [0.25, 0.3) is 0 Å². The van der Waals surface area contributed by atoms with Gasteiger partial charge in [0, 0.05) is 4.90 Å². The second-order valence-electron chi connectivity index (χ2n) is 4.37. The SMILES string of the molecule is CC(C)C(NC(=O)CSc1ccc(F)cc1)C(=O)O. The van der Waals surface area contributed by atoms with Crippen LogP contribution in [-0.4, -0.2) is 28.8 Å². The molecule has 0 heterocycles. The molecule has 0 aliphatic carbocycles. The Morgan fingerprint density at radius 2 is 1.89 bits per heavy atom. The highest BCUT2D eigenvalue weighted by Gasteiger charge is 2.23. The van der Waals surface area contributed by atoms with Gasteiger partial charge < -0.3 is 10.4 Å². The minimum Gasteiger partial charge on any atom is -0.480 e. The van der Waals surface area contributed by atoms with E-state index in [0.717, 1.165) is 4.90 Å². The summed E-state index contributed by atoms with van der Waals surface area (Å²) in [6, 6.07) is 4.89. The number of rotatable bonds is 6. The van der Waals surface area contributed by atoms with Gasteiger partial charge in [0.25, 0.3) is 0 Å². The van der Waals surface area contributed by atoms with E-state index < -0.39 is 12.0 Å². The number of benzene rings is 1. The second-order valence-corrected chi connectivity index (χ2v) is 5.42. The molecule has 1 aromatic carbocycles. The van der Waals surface area contributed by atoms with E-state index in [1.54, 1.807) is 26.0 Å². The number of aliphatic carboxylic acids is 1. The van der Waals surface area contributed by atoms with Crippen LogP contribution in [0.2, 0.25) is 0 Å². The number of carboxylic acid groups (broad SMARTS) is 1. The third-order valence-electron chi connectivity index (χ3n) is 2.43. The van der Waals surface area contributed by atoms with Crippen LogP contribution in [0.15, 0.2) is 29.2 Å². The molecule has 2 N–H and O–H groups in total. The van der Waals surface area contributed by atoms with E-state index in [0.29, 0.717) is 0 Å². The van der Waals surface area contributed by atoms with Crippen LogP contribution in [0, 0.1) is 11.7 Å². The molecule has 1 unspecified atom stereocenters. The smallest absolute Gasteiger partial charge is 0.326 e. The van der Waals surface area contributed by atoms with Gasteiger partial charge in [0.1, 0.15) is 11.9 Å². The lowest BCUT2D eigenvalue weighted by atomic mass is 10.1. The predicted molar refractivity (Wildman–Crippen MR) is 71.5 cm³/mol. The maximum Gasteiger partial charge on any atom is 0.326 e. The molecule has 0 radical (unpaired) electrons. The van der Waals surface area contributed by atoms with Gasteiger partial charge in [-0.05, 0) is 30.2 Å². The lowest BCUT2D eigenvalue weighted by Gasteiger charge is -2.17. The minimum absolute atomic E-state index is 0.0993. The molecule has 0 aromatic heterocycles. The number of halogens is 1. The first-order valence-corrected chi connectivity index (χ1v) is 6.79. The van der Waals surface area contributed by atoms with Crippen LogP contribution in [0.3, 0.4) is 0 Å². The van der Waals surface area contributed by atoms with Crippen LogP contribution in [-0.2, 0) is 9.59 Å². The van der Waals surface area contributed by atoms with E-state index in [-0.39, 0.29) is 23.4 Å². The first-order chi connectivity index (χ1) is 8.90. The topological polar surface area (TPSA) is 66.4 Å². The van der Waals surface area contributed by atoms with Gasteiger partial charge in [-0.25, -0.2) is 9.18 Å². The molecule has 0 saturated heterocycles. The molecule has 104 valence electrons. The fourth-order valence-corrected chi connectivity index (χ4v) is 2.12. The molecule has 1 rings (SSSR count).